The minimum atomic E-state index is -0.747. The van der Waals surface area contributed by atoms with Crippen LogP contribution >= 0.6 is 0 Å². The number of rotatable bonds is 12. The normalized spacial score (nSPS) is 19.3. The van der Waals surface area contributed by atoms with Crippen molar-refractivity contribution < 1.29 is 19.7 Å². The van der Waals surface area contributed by atoms with Crippen LogP contribution in [0.2, 0.25) is 0 Å². The number of aryl methyl sites for hydroxylation is 1. The Balaban J connectivity index is 1.31. The highest BCUT2D eigenvalue weighted by atomic mass is 16.5. The van der Waals surface area contributed by atoms with Crippen molar-refractivity contribution >= 4 is 16.9 Å². The number of carboxylic acid groups (broad SMARTS) is 1. The summed E-state index contributed by atoms with van der Waals surface area (Å²) < 4.78 is 5.36. The Morgan fingerprint density at radius 2 is 2.03 bits per heavy atom. The van der Waals surface area contributed by atoms with Crippen molar-refractivity contribution in [3.63, 3.8) is 0 Å². The molecule has 1 aliphatic rings. The predicted molar refractivity (Wildman–Crippen MR) is 138 cm³/mol. The fraction of sp³-hybridized carbons (Fsp3) is 0.500. The first kappa shape index (κ1) is 26.0. The summed E-state index contributed by atoms with van der Waals surface area (Å²) in [5, 5.41) is 21.5. The first-order chi connectivity index (χ1) is 17.5. The summed E-state index contributed by atoms with van der Waals surface area (Å²) in [6.07, 6.45) is 12.0. The summed E-state index contributed by atoms with van der Waals surface area (Å²) in [4.78, 5) is 26.6. The monoisotopic (exact) mass is 492 g/mol. The molecule has 36 heavy (non-hydrogen) atoms. The van der Waals surface area contributed by atoms with Crippen LogP contribution in [0.3, 0.4) is 0 Å². The lowest BCUT2D eigenvalue weighted by Crippen LogP contribution is -2.41. The Morgan fingerprint density at radius 3 is 2.81 bits per heavy atom. The molecule has 1 saturated heterocycles. The molecule has 0 saturated carbocycles. The van der Waals surface area contributed by atoms with Crippen molar-refractivity contribution in [3.05, 3.63) is 60.3 Å². The van der Waals surface area contributed by atoms with Gasteiger partial charge < -0.3 is 19.8 Å². The van der Waals surface area contributed by atoms with E-state index < -0.39 is 12.1 Å². The van der Waals surface area contributed by atoms with Gasteiger partial charge in [-0.15, -0.1) is 0 Å². The van der Waals surface area contributed by atoms with Crippen molar-refractivity contribution in [2.24, 2.45) is 11.8 Å². The second kappa shape index (κ2) is 12.7. The number of aliphatic hydroxyl groups excluding tert-OH is 1. The summed E-state index contributed by atoms with van der Waals surface area (Å²) in [7, 11) is 1.63. The smallest absolute Gasteiger partial charge is 0.303 e. The van der Waals surface area contributed by atoms with E-state index in [1.54, 1.807) is 19.6 Å². The summed E-state index contributed by atoms with van der Waals surface area (Å²) in [6, 6.07) is 7.55. The van der Waals surface area contributed by atoms with Crippen LogP contribution in [0.5, 0.6) is 5.75 Å². The number of nitrogens with zero attached hydrogens (tertiary/aromatic N) is 4. The number of hydrogen-bond acceptors (Lipinski definition) is 7. The number of piperidine rings is 1. The van der Waals surface area contributed by atoms with Gasteiger partial charge in [-0.1, -0.05) is 0 Å². The molecule has 1 aromatic carbocycles. The Bertz CT molecular complexity index is 1130. The average Bonchev–Trinajstić information content (AvgIpc) is 2.90. The number of aliphatic hydroxyl groups is 1. The molecule has 1 unspecified atom stereocenters. The van der Waals surface area contributed by atoms with Crippen LogP contribution in [0.4, 0.5) is 0 Å². The van der Waals surface area contributed by atoms with Crippen LogP contribution in [-0.4, -0.2) is 62.8 Å². The second-order valence-electron chi connectivity index (χ2n) is 9.79. The molecule has 0 aliphatic carbocycles. The van der Waals surface area contributed by atoms with Crippen LogP contribution in [0.15, 0.2) is 49.2 Å². The number of unbranched alkanes of at least 4 members (excludes halogenated alkanes) is 1. The highest BCUT2D eigenvalue weighted by Crippen LogP contribution is 2.34. The molecule has 8 nitrogen and oxygen atoms in total. The van der Waals surface area contributed by atoms with Crippen LogP contribution in [0.1, 0.15) is 55.8 Å². The number of carboxylic acids is 1. The van der Waals surface area contributed by atoms with Crippen LogP contribution in [-0.2, 0) is 11.2 Å². The number of hydrogen-bond donors (Lipinski definition) is 2. The van der Waals surface area contributed by atoms with E-state index in [9.17, 15) is 15.0 Å². The van der Waals surface area contributed by atoms with E-state index in [1.807, 2.05) is 36.7 Å². The van der Waals surface area contributed by atoms with Crippen LogP contribution in [0.25, 0.3) is 10.9 Å². The molecule has 3 aromatic rings. The molecule has 4 rings (SSSR count). The molecular weight excluding hydrogens is 456 g/mol. The Morgan fingerprint density at radius 1 is 1.19 bits per heavy atom. The molecule has 2 aromatic heterocycles. The van der Waals surface area contributed by atoms with Crippen molar-refractivity contribution in [2.75, 3.05) is 26.7 Å². The van der Waals surface area contributed by atoms with Crippen molar-refractivity contribution in [1.29, 1.82) is 0 Å². The molecule has 8 heteroatoms. The zero-order chi connectivity index (χ0) is 25.3. The van der Waals surface area contributed by atoms with Gasteiger partial charge in [0.25, 0.3) is 0 Å². The fourth-order valence-corrected chi connectivity index (χ4v) is 5.41. The van der Waals surface area contributed by atoms with Crippen LogP contribution in [0, 0.1) is 11.8 Å². The highest BCUT2D eigenvalue weighted by Gasteiger charge is 2.31. The predicted octanol–water partition coefficient (Wildman–Crippen LogP) is 4.28. The number of likely N-dealkylation sites (tertiary alicyclic amines) is 1. The first-order valence-corrected chi connectivity index (χ1v) is 12.8. The number of ether oxygens (including phenoxy) is 1. The summed E-state index contributed by atoms with van der Waals surface area (Å²) in [5.41, 5.74) is 2.82. The highest BCUT2D eigenvalue weighted by molar-refractivity contribution is 5.83. The molecule has 192 valence electrons. The van der Waals surface area contributed by atoms with Crippen molar-refractivity contribution in [3.8, 4) is 5.75 Å². The molecule has 2 N–H and O–H groups in total. The Hall–Kier alpha value is -3.10. The first-order valence-electron chi connectivity index (χ1n) is 12.8. The lowest BCUT2D eigenvalue weighted by atomic mass is 9.79. The summed E-state index contributed by atoms with van der Waals surface area (Å²) >= 11 is 0. The maximum atomic E-state index is 11.6. The van der Waals surface area contributed by atoms with E-state index in [0.29, 0.717) is 6.42 Å². The van der Waals surface area contributed by atoms with Gasteiger partial charge in [-0.2, -0.15) is 0 Å². The third kappa shape index (κ3) is 6.98. The molecule has 0 radical (unpaired) electrons. The van der Waals surface area contributed by atoms with Gasteiger partial charge in [0.2, 0.25) is 0 Å². The van der Waals surface area contributed by atoms with Gasteiger partial charge in [-0.3, -0.25) is 9.78 Å². The quantitative estimate of drug-likeness (QED) is 0.361. The van der Waals surface area contributed by atoms with E-state index in [0.717, 1.165) is 79.5 Å². The molecule has 0 amide bonds. The standard InChI is InChI=1S/C28H36N4O4/c1-36-23-6-7-26-25(15-23)24(9-11-31-26)27(33)8-5-21-10-13-32(18-22(21)14-28(34)35)12-3-2-4-20-16-29-19-30-17-20/h6-7,9,11,15-17,19,21-22,27,33H,2-5,8,10,12-14,18H2,1H3,(H,34,35)/t21-,22+,27?/m1/s1. The zero-order valence-electron chi connectivity index (χ0n) is 20.9. The van der Waals surface area contributed by atoms with Crippen molar-refractivity contribution in [2.45, 2.75) is 51.0 Å². The molecular formula is C28H36N4O4. The number of benzene rings is 1. The maximum absolute atomic E-state index is 11.6. The number of aromatic nitrogens is 3. The lowest BCUT2D eigenvalue weighted by molar-refractivity contribution is -0.139. The van der Waals surface area contributed by atoms with Gasteiger partial charge in [0, 0.05) is 36.9 Å². The molecule has 0 spiro atoms. The molecule has 3 atom stereocenters. The summed E-state index contributed by atoms with van der Waals surface area (Å²) in [6.45, 7) is 2.75. The Kier molecular flexibility index (Phi) is 9.19. The SMILES string of the molecule is COc1ccc2nccc(C(O)CC[C@@H]3CCN(CCCCc4cncnc4)C[C@@H]3CC(=O)O)c2c1. The Labute approximate surface area is 212 Å². The van der Waals surface area contributed by atoms with E-state index in [1.165, 1.54) is 0 Å². The van der Waals surface area contributed by atoms with Gasteiger partial charge in [0.15, 0.2) is 0 Å². The average molecular weight is 493 g/mol. The van der Waals surface area contributed by atoms with Gasteiger partial charge in [0.05, 0.1) is 18.7 Å². The number of pyridine rings is 1. The second-order valence-corrected chi connectivity index (χ2v) is 9.79. The van der Waals surface area contributed by atoms with E-state index in [2.05, 4.69) is 19.9 Å². The third-order valence-electron chi connectivity index (χ3n) is 7.37. The van der Waals surface area contributed by atoms with E-state index >= 15 is 0 Å². The van der Waals surface area contributed by atoms with E-state index in [4.69, 9.17) is 4.74 Å². The molecule has 1 fully saturated rings. The minimum Gasteiger partial charge on any atom is -0.497 e. The third-order valence-corrected chi connectivity index (χ3v) is 7.37. The lowest BCUT2D eigenvalue weighted by Gasteiger charge is -2.38. The fourth-order valence-electron chi connectivity index (χ4n) is 5.41. The number of fused-ring (bicyclic) bond motifs is 1. The van der Waals surface area contributed by atoms with Gasteiger partial charge in [0.1, 0.15) is 12.1 Å². The topological polar surface area (TPSA) is 109 Å². The van der Waals surface area contributed by atoms with Gasteiger partial charge in [-0.05, 0) is 98.8 Å². The van der Waals surface area contributed by atoms with Crippen LogP contribution < -0.4 is 4.74 Å². The molecule has 1 aliphatic heterocycles. The number of carbonyl (C=O) groups is 1. The minimum absolute atomic E-state index is 0.0975. The number of methoxy groups -OCH3 is 1. The largest absolute Gasteiger partial charge is 0.497 e. The number of aliphatic carboxylic acids is 1. The van der Waals surface area contributed by atoms with E-state index in [-0.39, 0.29) is 18.3 Å². The maximum Gasteiger partial charge on any atom is 0.303 e. The van der Waals surface area contributed by atoms with Crippen molar-refractivity contribution in [1.82, 2.24) is 19.9 Å². The molecule has 3 heterocycles. The zero-order valence-corrected chi connectivity index (χ0v) is 20.9. The van der Waals surface area contributed by atoms with Gasteiger partial charge in [-0.25, -0.2) is 9.97 Å². The summed E-state index contributed by atoms with van der Waals surface area (Å²) in [5.74, 6) is 0.370. The molecule has 0 bridgehead atoms. The van der Waals surface area contributed by atoms with Gasteiger partial charge >= 0.3 is 5.97 Å².